The molecule has 0 aromatic carbocycles. The van der Waals surface area contributed by atoms with Crippen molar-refractivity contribution >= 4 is 7.82 Å². The summed E-state index contributed by atoms with van der Waals surface area (Å²) in [5, 5.41) is 68.1. The van der Waals surface area contributed by atoms with Gasteiger partial charge in [0.1, 0.15) is 48.8 Å². The van der Waals surface area contributed by atoms with Gasteiger partial charge in [0.25, 0.3) is 0 Å². The molecular weight excluding hydrogens is 399 g/mol. The minimum atomic E-state index is -4.92. The van der Waals surface area contributed by atoms with E-state index in [-0.39, 0.29) is 0 Å². The van der Waals surface area contributed by atoms with E-state index in [1.807, 2.05) is 0 Å². The molecule has 2 unspecified atom stereocenters. The van der Waals surface area contributed by atoms with E-state index in [9.17, 15) is 35.2 Å². The van der Waals surface area contributed by atoms with E-state index in [1.165, 1.54) is 0 Å². The van der Waals surface area contributed by atoms with Gasteiger partial charge in [-0.3, -0.25) is 4.52 Å². The Morgan fingerprint density at radius 3 is 1.63 bits per heavy atom. The molecule has 2 rings (SSSR count). The first-order valence-electron chi connectivity index (χ1n) is 7.82. The Morgan fingerprint density at radius 1 is 0.741 bits per heavy atom. The molecule has 9 N–H and O–H groups in total. The molecule has 2 fully saturated rings. The number of rotatable bonds is 6. The molecule has 2 saturated heterocycles. The second-order valence-corrected chi connectivity index (χ2v) is 7.37. The van der Waals surface area contributed by atoms with Crippen molar-refractivity contribution in [2.45, 2.75) is 61.4 Å². The SMILES string of the molecule is O=P(O)(O)OC[C@H]1OC(OC2O[C@H](CO)[C@@H](O)[C@H](O)[C@H]2O)[C@H](O)[C@@H](O)[C@@H]1O. The van der Waals surface area contributed by atoms with Crippen LogP contribution in [0.1, 0.15) is 0 Å². The summed E-state index contributed by atoms with van der Waals surface area (Å²) in [5.41, 5.74) is 0. The molecule has 0 saturated carbocycles. The monoisotopic (exact) mass is 422 g/mol. The number of hydrogen-bond donors (Lipinski definition) is 9. The maximum Gasteiger partial charge on any atom is 0.469 e. The highest BCUT2D eigenvalue weighted by molar-refractivity contribution is 7.46. The van der Waals surface area contributed by atoms with Gasteiger partial charge in [0.15, 0.2) is 12.6 Å². The van der Waals surface area contributed by atoms with Gasteiger partial charge in [-0.05, 0) is 0 Å². The lowest BCUT2D eigenvalue weighted by molar-refractivity contribution is -0.376. The van der Waals surface area contributed by atoms with Crippen molar-refractivity contribution in [2.75, 3.05) is 13.2 Å². The molecule has 14 nitrogen and oxygen atoms in total. The van der Waals surface area contributed by atoms with E-state index < -0.39 is 82.4 Å². The van der Waals surface area contributed by atoms with E-state index in [0.29, 0.717) is 0 Å². The van der Waals surface area contributed by atoms with Crippen molar-refractivity contribution in [1.82, 2.24) is 0 Å². The Bertz CT molecular complexity index is 526. The summed E-state index contributed by atoms with van der Waals surface area (Å²) >= 11 is 0. The van der Waals surface area contributed by atoms with E-state index in [4.69, 9.17) is 29.1 Å². The summed E-state index contributed by atoms with van der Waals surface area (Å²) in [6.07, 6.45) is -17.1. The van der Waals surface area contributed by atoms with Crippen LogP contribution in [0.3, 0.4) is 0 Å². The zero-order valence-electron chi connectivity index (χ0n) is 13.7. The molecule has 2 aliphatic heterocycles. The molecule has 0 aliphatic carbocycles. The maximum absolute atomic E-state index is 10.8. The molecular formula is C12H23O14P. The fraction of sp³-hybridized carbons (Fsp3) is 1.00. The number of aliphatic hydroxyl groups excluding tert-OH is 7. The van der Waals surface area contributed by atoms with Crippen molar-refractivity contribution in [2.24, 2.45) is 0 Å². The van der Waals surface area contributed by atoms with Crippen molar-refractivity contribution in [1.29, 1.82) is 0 Å². The first kappa shape index (κ1) is 23.0. The molecule has 15 heteroatoms. The molecule has 0 spiro atoms. The Labute approximate surface area is 152 Å². The third kappa shape index (κ3) is 5.41. The van der Waals surface area contributed by atoms with Gasteiger partial charge in [-0.2, -0.15) is 0 Å². The summed E-state index contributed by atoms with van der Waals surface area (Å²) in [5.74, 6) is 0. The van der Waals surface area contributed by atoms with Crippen LogP contribution in [0.25, 0.3) is 0 Å². The Kier molecular flexibility index (Phi) is 7.68. The number of aliphatic hydroxyl groups is 7. The molecule has 10 atom stereocenters. The first-order valence-corrected chi connectivity index (χ1v) is 9.35. The smallest absolute Gasteiger partial charge is 0.394 e. The minimum Gasteiger partial charge on any atom is -0.394 e. The Morgan fingerprint density at radius 2 is 1.19 bits per heavy atom. The van der Waals surface area contributed by atoms with Crippen LogP contribution in [-0.4, -0.2) is 120 Å². The van der Waals surface area contributed by atoms with E-state index in [0.717, 1.165) is 0 Å². The van der Waals surface area contributed by atoms with Crippen LogP contribution in [0.4, 0.5) is 0 Å². The van der Waals surface area contributed by atoms with E-state index >= 15 is 0 Å². The highest BCUT2D eigenvalue weighted by atomic mass is 31.2. The van der Waals surface area contributed by atoms with Gasteiger partial charge >= 0.3 is 7.82 Å². The summed E-state index contributed by atoms with van der Waals surface area (Å²) in [6.45, 7) is -1.61. The zero-order valence-corrected chi connectivity index (χ0v) is 14.6. The van der Waals surface area contributed by atoms with Crippen LogP contribution in [0.15, 0.2) is 0 Å². The van der Waals surface area contributed by atoms with Crippen molar-refractivity contribution in [3.05, 3.63) is 0 Å². The van der Waals surface area contributed by atoms with E-state index in [2.05, 4.69) is 4.52 Å². The Hall–Kier alpha value is -0.290. The molecule has 0 bridgehead atoms. The quantitative estimate of drug-likeness (QED) is 0.182. The third-order valence-electron chi connectivity index (χ3n) is 4.19. The van der Waals surface area contributed by atoms with Crippen LogP contribution >= 0.6 is 7.82 Å². The van der Waals surface area contributed by atoms with Crippen LogP contribution in [0.5, 0.6) is 0 Å². The Balaban J connectivity index is 2.08. The summed E-state index contributed by atoms with van der Waals surface area (Å²) < 4.78 is 30.3. The highest BCUT2D eigenvalue weighted by Crippen LogP contribution is 2.37. The normalized spacial score (nSPS) is 46.4. The van der Waals surface area contributed by atoms with Gasteiger partial charge in [0.05, 0.1) is 13.2 Å². The fourth-order valence-corrected chi connectivity index (χ4v) is 2.99. The van der Waals surface area contributed by atoms with E-state index in [1.54, 1.807) is 0 Å². The molecule has 2 aliphatic rings. The highest BCUT2D eigenvalue weighted by Gasteiger charge is 2.49. The van der Waals surface area contributed by atoms with Crippen molar-refractivity contribution in [3.63, 3.8) is 0 Å². The molecule has 0 amide bonds. The summed E-state index contributed by atoms with van der Waals surface area (Å²) in [4.78, 5) is 17.4. The molecule has 2 heterocycles. The lowest BCUT2D eigenvalue weighted by Crippen LogP contribution is -2.63. The van der Waals surface area contributed by atoms with Crippen LogP contribution < -0.4 is 0 Å². The van der Waals surface area contributed by atoms with Crippen LogP contribution in [0.2, 0.25) is 0 Å². The molecule has 160 valence electrons. The second-order valence-electron chi connectivity index (χ2n) is 6.13. The maximum atomic E-state index is 10.8. The molecule has 27 heavy (non-hydrogen) atoms. The van der Waals surface area contributed by atoms with Gasteiger partial charge in [0.2, 0.25) is 0 Å². The predicted octanol–water partition coefficient (Wildman–Crippen LogP) is -5.28. The number of hydrogen-bond acceptors (Lipinski definition) is 12. The second kappa shape index (κ2) is 9.02. The summed E-state index contributed by atoms with van der Waals surface area (Å²) in [7, 11) is -4.92. The summed E-state index contributed by atoms with van der Waals surface area (Å²) in [6, 6.07) is 0. The predicted molar refractivity (Wildman–Crippen MR) is 79.5 cm³/mol. The minimum absolute atomic E-state index is 0.737. The van der Waals surface area contributed by atoms with Gasteiger partial charge in [-0.25, -0.2) is 4.57 Å². The molecule has 0 aromatic rings. The van der Waals surface area contributed by atoms with Crippen LogP contribution in [-0.2, 0) is 23.3 Å². The lowest BCUT2D eigenvalue weighted by atomic mass is 9.98. The van der Waals surface area contributed by atoms with Crippen molar-refractivity contribution in [3.8, 4) is 0 Å². The topological polar surface area (TPSA) is 236 Å². The fourth-order valence-electron chi connectivity index (χ4n) is 2.65. The van der Waals surface area contributed by atoms with Gasteiger partial charge in [-0.15, -0.1) is 0 Å². The number of ether oxygens (including phenoxy) is 3. The third-order valence-corrected chi connectivity index (χ3v) is 4.68. The standard InChI is InChI=1S/C12H23O14P/c13-1-3-5(14)7(16)9(18)11(24-3)26-12-10(19)8(17)6(15)4(25-12)2-23-27(20,21)22/h3-19H,1-2H2,(H2,20,21,22)/t3-,4-,5-,6-,7+,8+,9-,10-,11?,12?/m1/s1. The number of phosphoric ester groups is 1. The number of phosphoric acid groups is 1. The molecule has 0 radical (unpaired) electrons. The first-order chi connectivity index (χ1) is 12.5. The van der Waals surface area contributed by atoms with Crippen molar-refractivity contribution < 1.29 is 68.8 Å². The van der Waals surface area contributed by atoms with Gasteiger partial charge in [0, 0.05) is 0 Å². The van der Waals surface area contributed by atoms with Gasteiger partial charge in [-0.1, -0.05) is 0 Å². The van der Waals surface area contributed by atoms with Gasteiger partial charge < -0.3 is 59.7 Å². The van der Waals surface area contributed by atoms with Crippen LogP contribution in [0, 0.1) is 0 Å². The largest absolute Gasteiger partial charge is 0.469 e. The lowest BCUT2D eigenvalue weighted by Gasteiger charge is -2.44. The average molecular weight is 422 g/mol. The average Bonchev–Trinajstić information content (AvgIpc) is 2.60. The zero-order chi connectivity index (χ0) is 20.5. The molecule has 0 aromatic heterocycles.